The van der Waals surface area contributed by atoms with Crippen LogP contribution in [0.5, 0.6) is 0 Å². The van der Waals surface area contributed by atoms with Crippen molar-refractivity contribution in [2.24, 2.45) is 7.05 Å². The van der Waals surface area contributed by atoms with Gasteiger partial charge in [-0.1, -0.05) is 18.2 Å². The van der Waals surface area contributed by atoms with Crippen LogP contribution in [-0.2, 0) is 20.0 Å². The van der Waals surface area contributed by atoms with Gasteiger partial charge in [-0.3, -0.25) is 4.79 Å². The van der Waals surface area contributed by atoms with E-state index in [0.717, 1.165) is 18.7 Å². The molecule has 0 spiro atoms. The van der Waals surface area contributed by atoms with E-state index in [1.807, 2.05) is 22.8 Å². The van der Waals surface area contributed by atoms with Crippen LogP contribution in [0.25, 0.3) is 22.4 Å². The van der Waals surface area contributed by atoms with Crippen molar-refractivity contribution in [3.63, 3.8) is 0 Å². The highest BCUT2D eigenvalue weighted by atomic mass is 16.4. The van der Waals surface area contributed by atoms with E-state index in [1.54, 1.807) is 19.4 Å². The Morgan fingerprint density at radius 3 is 2.88 bits per heavy atom. The van der Waals surface area contributed by atoms with Crippen molar-refractivity contribution in [2.75, 3.05) is 0 Å². The first-order valence-corrected chi connectivity index (χ1v) is 8.37. The van der Waals surface area contributed by atoms with E-state index in [9.17, 15) is 4.79 Å². The number of rotatable bonds is 2. The summed E-state index contributed by atoms with van der Waals surface area (Å²) >= 11 is 0. The summed E-state index contributed by atoms with van der Waals surface area (Å²) in [5.41, 5.74) is 0.360. The van der Waals surface area contributed by atoms with Crippen molar-refractivity contribution in [2.45, 2.75) is 25.3 Å². The zero-order valence-electron chi connectivity index (χ0n) is 14.0. The maximum absolute atomic E-state index is 12.3. The molecule has 9 heteroatoms. The van der Waals surface area contributed by atoms with Crippen LogP contribution >= 0.6 is 0 Å². The third-order valence-corrected chi connectivity index (χ3v) is 4.78. The fourth-order valence-electron chi connectivity index (χ4n) is 3.41. The SMILES string of the molecule is Cn1nc(-c2nnc([C@H]3CCc4nncn4C3)o2)c2ccccc2c1=O. The minimum Gasteiger partial charge on any atom is -0.419 e. The van der Waals surface area contributed by atoms with E-state index in [4.69, 9.17) is 4.42 Å². The van der Waals surface area contributed by atoms with Gasteiger partial charge >= 0.3 is 0 Å². The van der Waals surface area contributed by atoms with E-state index in [1.165, 1.54) is 4.68 Å². The molecule has 4 aromatic rings. The number of fused-ring (bicyclic) bond motifs is 2. The van der Waals surface area contributed by atoms with E-state index in [-0.39, 0.29) is 11.5 Å². The Morgan fingerprint density at radius 2 is 2.00 bits per heavy atom. The molecule has 1 aliphatic heterocycles. The highest BCUT2D eigenvalue weighted by Crippen LogP contribution is 2.30. The molecule has 9 nitrogen and oxygen atoms in total. The molecule has 130 valence electrons. The molecule has 0 N–H and O–H groups in total. The van der Waals surface area contributed by atoms with Crippen molar-refractivity contribution < 1.29 is 4.42 Å². The minimum absolute atomic E-state index is 0.110. The van der Waals surface area contributed by atoms with Crippen molar-refractivity contribution >= 4 is 10.8 Å². The Hall–Kier alpha value is -3.36. The minimum atomic E-state index is -0.156. The number of aryl methyl sites for hydroxylation is 2. The van der Waals surface area contributed by atoms with Crippen LogP contribution in [0.4, 0.5) is 0 Å². The number of hydrogen-bond donors (Lipinski definition) is 0. The van der Waals surface area contributed by atoms with Gasteiger partial charge in [0, 0.05) is 25.4 Å². The first kappa shape index (κ1) is 14.9. The summed E-state index contributed by atoms with van der Waals surface area (Å²) in [6.45, 7) is 0.714. The first-order chi connectivity index (χ1) is 12.7. The molecule has 3 aromatic heterocycles. The van der Waals surface area contributed by atoms with E-state index in [0.29, 0.717) is 34.8 Å². The van der Waals surface area contributed by atoms with Crippen LogP contribution in [0.1, 0.15) is 24.1 Å². The topological polar surface area (TPSA) is 105 Å². The van der Waals surface area contributed by atoms with Crippen LogP contribution in [-0.4, -0.2) is 34.7 Å². The van der Waals surface area contributed by atoms with Gasteiger partial charge in [-0.25, -0.2) is 4.68 Å². The maximum Gasteiger partial charge on any atom is 0.274 e. The summed E-state index contributed by atoms with van der Waals surface area (Å²) in [6.07, 6.45) is 3.42. The molecule has 0 radical (unpaired) electrons. The quantitative estimate of drug-likeness (QED) is 0.537. The average molecular weight is 349 g/mol. The van der Waals surface area contributed by atoms with E-state index in [2.05, 4.69) is 25.5 Å². The average Bonchev–Trinajstić information content (AvgIpc) is 3.33. The zero-order valence-corrected chi connectivity index (χ0v) is 14.0. The van der Waals surface area contributed by atoms with Crippen LogP contribution in [0.3, 0.4) is 0 Å². The van der Waals surface area contributed by atoms with E-state index < -0.39 is 0 Å². The largest absolute Gasteiger partial charge is 0.419 e. The lowest BCUT2D eigenvalue weighted by Crippen LogP contribution is -2.20. The molecule has 0 aliphatic carbocycles. The van der Waals surface area contributed by atoms with Gasteiger partial charge in [0.2, 0.25) is 5.89 Å². The molecule has 0 saturated heterocycles. The summed E-state index contributed by atoms with van der Waals surface area (Å²) in [5, 5.41) is 22.1. The van der Waals surface area contributed by atoms with Crippen molar-refractivity contribution in [1.29, 1.82) is 0 Å². The van der Waals surface area contributed by atoms with Gasteiger partial charge in [-0.2, -0.15) is 5.10 Å². The predicted octanol–water partition coefficient (Wildman–Crippen LogP) is 1.30. The molecule has 1 aromatic carbocycles. The molecule has 0 amide bonds. The smallest absolute Gasteiger partial charge is 0.274 e. The molecule has 26 heavy (non-hydrogen) atoms. The molecule has 4 heterocycles. The lowest BCUT2D eigenvalue weighted by Gasteiger charge is -2.19. The second-order valence-corrected chi connectivity index (χ2v) is 6.40. The maximum atomic E-state index is 12.3. The summed E-state index contributed by atoms with van der Waals surface area (Å²) in [4.78, 5) is 12.3. The van der Waals surface area contributed by atoms with Crippen LogP contribution in [0.2, 0.25) is 0 Å². The van der Waals surface area contributed by atoms with E-state index >= 15 is 0 Å². The molecule has 1 atom stereocenters. The predicted molar refractivity (Wildman–Crippen MR) is 91.4 cm³/mol. The number of nitrogens with zero attached hydrogens (tertiary/aromatic N) is 7. The molecule has 0 saturated carbocycles. The van der Waals surface area contributed by atoms with Gasteiger partial charge in [0.1, 0.15) is 12.2 Å². The second-order valence-electron chi connectivity index (χ2n) is 6.40. The third-order valence-electron chi connectivity index (χ3n) is 4.78. The standard InChI is InChI=1S/C17H15N7O2/c1-23-17(25)12-5-3-2-4-11(12)14(22-23)16-21-20-15(26-16)10-6-7-13-19-18-9-24(13)8-10/h2-5,9-10H,6-8H2,1H3/t10-/m0/s1. The highest BCUT2D eigenvalue weighted by molar-refractivity contribution is 5.91. The molecule has 1 aliphatic rings. The van der Waals surface area contributed by atoms with Crippen molar-refractivity contribution in [3.8, 4) is 11.6 Å². The number of hydrogen-bond acceptors (Lipinski definition) is 7. The Morgan fingerprint density at radius 1 is 1.15 bits per heavy atom. The normalized spacial score (nSPS) is 16.7. The van der Waals surface area contributed by atoms with Gasteiger partial charge in [-0.15, -0.1) is 20.4 Å². The fraction of sp³-hybridized carbons (Fsp3) is 0.294. The van der Waals surface area contributed by atoms with Crippen molar-refractivity contribution in [3.05, 3.63) is 52.7 Å². The van der Waals surface area contributed by atoms with Crippen LogP contribution < -0.4 is 5.56 Å². The molecular formula is C17H15N7O2. The van der Waals surface area contributed by atoms with Gasteiger partial charge in [0.05, 0.1) is 11.3 Å². The van der Waals surface area contributed by atoms with Gasteiger partial charge in [0.25, 0.3) is 11.4 Å². The summed E-state index contributed by atoms with van der Waals surface area (Å²) in [5.74, 6) is 1.98. The lowest BCUT2D eigenvalue weighted by atomic mass is 9.99. The van der Waals surface area contributed by atoms with Crippen LogP contribution in [0.15, 0.2) is 39.8 Å². The summed E-state index contributed by atoms with van der Waals surface area (Å²) in [6, 6.07) is 7.30. The number of aromatic nitrogens is 7. The van der Waals surface area contributed by atoms with Gasteiger partial charge < -0.3 is 8.98 Å². The number of benzene rings is 1. The summed E-state index contributed by atoms with van der Waals surface area (Å²) in [7, 11) is 1.62. The Bertz CT molecular complexity index is 1170. The zero-order chi connectivity index (χ0) is 17.7. The highest BCUT2D eigenvalue weighted by Gasteiger charge is 2.26. The molecule has 0 bridgehead atoms. The second kappa shape index (κ2) is 5.58. The molecule has 5 rings (SSSR count). The Labute approximate surface area is 147 Å². The molecule has 0 unspecified atom stereocenters. The Balaban J connectivity index is 1.57. The van der Waals surface area contributed by atoms with Crippen molar-refractivity contribution in [1.82, 2.24) is 34.7 Å². The Kier molecular flexibility index (Phi) is 3.21. The third kappa shape index (κ3) is 2.24. The molecule has 0 fully saturated rings. The first-order valence-electron chi connectivity index (χ1n) is 8.37. The lowest BCUT2D eigenvalue weighted by molar-refractivity contribution is 0.372. The van der Waals surface area contributed by atoms with Gasteiger partial charge in [0.15, 0.2) is 5.69 Å². The van der Waals surface area contributed by atoms with Gasteiger partial charge in [-0.05, 0) is 12.5 Å². The fourth-order valence-corrected chi connectivity index (χ4v) is 3.41. The van der Waals surface area contributed by atoms with Crippen LogP contribution in [0, 0.1) is 0 Å². The monoisotopic (exact) mass is 349 g/mol. The molecular weight excluding hydrogens is 334 g/mol. The summed E-state index contributed by atoms with van der Waals surface area (Å²) < 4.78 is 9.26.